The fourth-order valence-electron chi connectivity index (χ4n) is 2.34. The van der Waals surface area contributed by atoms with Crippen molar-refractivity contribution < 1.29 is 14.7 Å². The lowest BCUT2D eigenvalue weighted by molar-refractivity contribution is -0.155. The van der Waals surface area contributed by atoms with Gasteiger partial charge in [0.25, 0.3) is 0 Å². The topological polar surface area (TPSA) is 86.6 Å². The third kappa shape index (κ3) is 2.81. The number of carbonyl (C=O) groups is 2. The predicted octanol–water partition coefficient (Wildman–Crippen LogP) is 0.767. The quantitative estimate of drug-likeness (QED) is 0.882. The second kappa shape index (κ2) is 5.67. The highest BCUT2D eigenvalue weighted by Gasteiger charge is 2.41. The van der Waals surface area contributed by atoms with Gasteiger partial charge in [0.15, 0.2) is 0 Å². The highest BCUT2D eigenvalue weighted by molar-refractivity contribution is 5.90. The zero-order chi connectivity index (χ0) is 15.6. The molecule has 114 valence electrons. The van der Waals surface area contributed by atoms with Gasteiger partial charge in [0.05, 0.1) is 0 Å². The number of carbonyl (C=O) groups excluding carboxylic acids is 1. The summed E-state index contributed by atoms with van der Waals surface area (Å²) in [7, 11) is 1.53. The number of rotatable bonds is 4. The molecule has 1 aliphatic heterocycles. The summed E-state index contributed by atoms with van der Waals surface area (Å²) in [5.74, 6) is -0.735. The van der Waals surface area contributed by atoms with Gasteiger partial charge in [-0.05, 0) is 32.8 Å². The van der Waals surface area contributed by atoms with Gasteiger partial charge in [-0.25, -0.2) is 14.8 Å². The molecule has 0 aromatic carbocycles. The summed E-state index contributed by atoms with van der Waals surface area (Å²) in [6.07, 6.45) is 4.80. The molecule has 0 radical (unpaired) electrons. The molecular weight excluding hydrogens is 272 g/mol. The van der Waals surface area contributed by atoms with Crippen LogP contribution in [0.5, 0.6) is 0 Å². The minimum absolute atomic E-state index is 0.215. The molecule has 1 aromatic heterocycles. The maximum absolute atomic E-state index is 12.6. The van der Waals surface area contributed by atoms with Gasteiger partial charge in [0.2, 0.25) is 11.9 Å². The van der Waals surface area contributed by atoms with Gasteiger partial charge >= 0.3 is 5.97 Å². The van der Waals surface area contributed by atoms with Crippen molar-refractivity contribution in [2.45, 2.75) is 38.3 Å². The second-order valence-corrected chi connectivity index (χ2v) is 5.66. The minimum atomic E-state index is -1.25. The molecular formula is C14H20N4O3. The minimum Gasteiger partial charge on any atom is -0.480 e. The van der Waals surface area contributed by atoms with Crippen molar-refractivity contribution in [1.29, 1.82) is 0 Å². The summed E-state index contributed by atoms with van der Waals surface area (Å²) in [5.41, 5.74) is -1.25. The van der Waals surface area contributed by atoms with Gasteiger partial charge in [0, 0.05) is 26.0 Å². The molecule has 0 bridgehead atoms. The number of carboxylic acids is 1. The van der Waals surface area contributed by atoms with E-state index < -0.39 is 17.6 Å². The molecule has 1 amide bonds. The normalized spacial score (nSPS) is 18.6. The van der Waals surface area contributed by atoms with E-state index in [1.54, 1.807) is 18.5 Å². The van der Waals surface area contributed by atoms with Gasteiger partial charge in [-0.2, -0.15) is 0 Å². The number of amides is 1. The van der Waals surface area contributed by atoms with Crippen molar-refractivity contribution in [2.75, 3.05) is 18.5 Å². The van der Waals surface area contributed by atoms with Crippen LogP contribution in [0.1, 0.15) is 26.7 Å². The molecule has 2 heterocycles. The molecule has 21 heavy (non-hydrogen) atoms. The largest absolute Gasteiger partial charge is 0.480 e. The van der Waals surface area contributed by atoms with E-state index in [-0.39, 0.29) is 5.91 Å². The predicted molar refractivity (Wildman–Crippen MR) is 76.9 cm³/mol. The summed E-state index contributed by atoms with van der Waals surface area (Å²) < 4.78 is 0. The van der Waals surface area contributed by atoms with Crippen LogP contribution in [-0.2, 0) is 9.59 Å². The number of carboxylic acid groups (broad SMARTS) is 1. The first kappa shape index (κ1) is 15.2. The SMILES string of the molecule is CN(C(=O)C1CCCN1c1ncccn1)C(C)(C)C(=O)O. The van der Waals surface area contributed by atoms with Crippen LogP contribution in [0.25, 0.3) is 0 Å². The van der Waals surface area contributed by atoms with E-state index in [9.17, 15) is 14.7 Å². The van der Waals surface area contributed by atoms with Crippen molar-refractivity contribution in [1.82, 2.24) is 14.9 Å². The van der Waals surface area contributed by atoms with Crippen LogP contribution >= 0.6 is 0 Å². The summed E-state index contributed by atoms with van der Waals surface area (Å²) in [6, 6.07) is 1.31. The fraction of sp³-hybridized carbons (Fsp3) is 0.571. The Hall–Kier alpha value is -2.18. The molecule has 0 aliphatic carbocycles. The molecule has 1 atom stereocenters. The number of likely N-dealkylation sites (N-methyl/N-ethyl adjacent to an activating group) is 1. The van der Waals surface area contributed by atoms with E-state index in [4.69, 9.17) is 0 Å². The van der Waals surface area contributed by atoms with Crippen molar-refractivity contribution in [3.63, 3.8) is 0 Å². The molecule has 1 unspecified atom stereocenters. The third-order valence-corrected chi connectivity index (χ3v) is 4.04. The van der Waals surface area contributed by atoms with Gasteiger partial charge in [-0.3, -0.25) is 4.79 Å². The molecule has 7 nitrogen and oxygen atoms in total. The van der Waals surface area contributed by atoms with Gasteiger partial charge in [0.1, 0.15) is 11.6 Å². The van der Waals surface area contributed by atoms with Gasteiger partial charge in [-0.1, -0.05) is 0 Å². The number of hydrogen-bond acceptors (Lipinski definition) is 5. The van der Waals surface area contributed by atoms with E-state index in [0.29, 0.717) is 18.9 Å². The maximum atomic E-state index is 12.6. The Morgan fingerprint density at radius 3 is 2.57 bits per heavy atom. The van der Waals surface area contributed by atoms with Gasteiger partial charge < -0.3 is 14.9 Å². The molecule has 1 aliphatic rings. The van der Waals surface area contributed by atoms with Crippen molar-refractivity contribution in [3.05, 3.63) is 18.5 Å². The fourth-order valence-corrected chi connectivity index (χ4v) is 2.34. The van der Waals surface area contributed by atoms with Crippen LogP contribution in [-0.4, -0.2) is 57.0 Å². The standard InChI is InChI=1S/C14H20N4O3/c1-14(2,12(20)21)17(3)11(19)10-6-4-9-18(10)13-15-7-5-8-16-13/h5,7-8,10H,4,6,9H2,1-3H3,(H,20,21). The van der Waals surface area contributed by atoms with Crippen LogP contribution in [0.2, 0.25) is 0 Å². The Kier molecular flexibility index (Phi) is 4.11. The lowest BCUT2D eigenvalue weighted by Gasteiger charge is -2.35. The Morgan fingerprint density at radius 1 is 1.38 bits per heavy atom. The van der Waals surface area contributed by atoms with Crippen LogP contribution < -0.4 is 4.90 Å². The lowest BCUT2D eigenvalue weighted by atomic mass is 10.0. The van der Waals surface area contributed by atoms with Crippen molar-refractivity contribution in [3.8, 4) is 0 Å². The van der Waals surface area contributed by atoms with E-state index in [1.807, 2.05) is 4.90 Å². The zero-order valence-corrected chi connectivity index (χ0v) is 12.5. The smallest absolute Gasteiger partial charge is 0.329 e. The molecule has 7 heteroatoms. The highest BCUT2D eigenvalue weighted by Crippen LogP contribution is 2.25. The number of nitrogens with zero attached hydrogens (tertiary/aromatic N) is 4. The van der Waals surface area contributed by atoms with Crippen LogP contribution in [0.3, 0.4) is 0 Å². The molecule has 0 saturated carbocycles. The first-order valence-corrected chi connectivity index (χ1v) is 6.90. The Bertz CT molecular complexity index is 532. The first-order valence-electron chi connectivity index (χ1n) is 6.90. The van der Waals surface area contributed by atoms with Crippen LogP contribution in [0.15, 0.2) is 18.5 Å². The monoisotopic (exact) mass is 292 g/mol. The Balaban J connectivity index is 2.20. The summed E-state index contributed by atoms with van der Waals surface area (Å²) in [4.78, 5) is 35.4. The van der Waals surface area contributed by atoms with Crippen LogP contribution in [0, 0.1) is 0 Å². The van der Waals surface area contributed by atoms with Crippen LogP contribution in [0.4, 0.5) is 5.95 Å². The zero-order valence-electron chi connectivity index (χ0n) is 12.5. The average molecular weight is 292 g/mol. The molecule has 2 rings (SSSR count). The van der Waals surface area contributed by atoms with E-state index in [1.165, 1.54) is 25.8 Å². The highest BCUT2D eigenvalue weighted by atomic mass is 16.4. The van der Waals surface area contributed by atoms with Crippen molar-refractivity contribution in [2.24, 2.45) is 0 Å². The van der Waals surface area contributed by atoms with Gasteiger partial charge in [-0.15, -0.1) is 0 Å². The Morgan fingerprint density at radius 2 is 2.00 bits per heavy atom. The number of anilines is 1. The number of aliphatic carboxylic acids is 1. The second-order valence-electron chi connectivity index (χ2n) is 5.66. The molecule has 1 aromatic rings. The summed E-state index contributed by atoms with van der Waals surface area (Å²) in [5, 5.41) is 9.25. The van der Waals surface area contributed by atoms with E-state index in [2.05, 4.69) is 9.97 Å². The van der Waals surface area contributed by atoms with E-state index >= 15 is 0 Å². The summed E-state index contributed by atoms with van der Waals surface area (Å²) in [6.45, 7) is 3.73. The Labute approximate surface area is 123 Å². The number of aromatic nitrogens is 2. The average Bonchev–Trinajstić information content (AvgIpc) is 2.95. The third-order valence-electron chi connectivity index (χ3n) is 4.04. The first-order chi connectivity index (χ1) is 9.85. The van der Waals surface area contributed by atoms with Crippen molar-refractivity contribution >= 4 is 17.8 Å². The molecule has 0 spiro atoms. The molecule has 1 saturated heterocycles. The molecule has 1 N–H and O–H groups in total. The molecule has 1 fully saturated rings. The summed E-state index contributed by atoms with van der Waals surface area (Å²) >= 11 is 0. The maximum Gasteiger partial charge on any atom is 0.329 e. The number of hydrogen-bond donors (Lipinski definition) is 1. The lowest BCUT2D eigenvalue weighted by Crippen LogP contribution is -2.56. The van der Waals surface area contributed by atoms with E-state index in [0.717, 1.165) is 6.42 Å².